The van der Waals surface area contributed by atoms with Crippen molar-refractivity contribution in [1.29, 1.82) is 5.26 Å². The van der Waals surface area contributed by atoms with E-state index < -0.39 is 0 Å². The lowest BCUT2D eigenvalue weighted by atomic mass is 10.0. The number of hydrogen-bond acceptors (Lipinski definition) is 3. The topological polar surface area (TPSA) is 58.7 Å². The lowest BCUT2D eigenvalue weighted by Crippen LogP contribution is -2.19. The molecule has 1 heterocycles. The van der Waals surface area contributed by atoms with E-state index in [1.165, 1.54) is 0 Å². The molecular weight excluding hydrogens is 226 g/mol. The molecule has 0 bridgehead atoms. The van der Waals surface area contributed by atoms with E-state index in [4.69, 9.17) is 5.26 Å². The summed E-state index contributed by atoms with van der Waals surface area (Å²) in [5, 5.41) is 8.80. The van der Waals surface area contributed by atoms with E-state index in [0.29, 0.717) is 11.3 Å². The van der Waals surface area contributed by atoms with Crippen molar-refractivity contribution in [3.05, 3.63) is 53.6 Å². The second-order valence-corrected chi connectivity index (χ2v) is 4.53. The zero-order valence-corrected chi connectivity index (χ0v) is 9.71. The SMILES string of the molecule is N#Cc1ccc(C2(n3cncc3C=O)CC2)cc1. The Balaban J connectivity index is 2.05. The molecule has 2 aromatic rings. The number of nitriles is 1. The smallest absolute Gasteiger partial charge is 0.168 e. The fourth-order valence-electron chi connectivity index (χ4n) is 2.39. The zero-order chi connectivity index (χ0) is 12.6. The number of aldehydes is 1. The molecule has 0 amide bonds. The maximum absolute atomic E-state index is 11.0. The van der Waals surface area contributed by atoms with Gasteiger partial charge in [0, 0.05) is 0 Å². The first-order chi connectivity index (χ1) is 8.80. The summed E-state index contributed by atoms with van der Waals surface area (Å²) < 4.78 is 1.93. The third-order valence-corrected chi connectivity index (χ3v) is 3.52. The van der Waals surface area contributed by atoms with Gasteiger partial charge in [-0.1, -0.05) is 12.1 Å². The van der Waals surface area contributed by atoms with Gasteiger partial charge in [-0.2, -0.15) is 5.26 Å². The third-order valence-electron chi connectivity index (χ3n) is 3.52. The Morgan fingerprint density at radius 3 is 2.61 bits per heavy atom. The van der Waals surface area contributed by atoms with E-state index >= 15 is 0 Å². The van der Waals surface area contributed by atoms with E-state index in [1.807, 2.05) is 28.8 Å². The van der Waals surface area contributed by atoms with Crippen LogP contribution in [0.3, 0.4) is 0 Å². The Hall–Kier alpha value is -2.41. The Morgan fingerprint density at radius 1 is 1.33 bits per heavy atom. The van der Waals surface area contributed by atoms with Gasteiger partial charge in [0.15, 0.2) is 6.29 Å². The molecule has 1 aromatic carbocycles. The Labute approximate surface area is 105 Å². The lowest BCUT2D eigenvalue weighted by Gasteiger charge is -2.19. The number of hydrogen-bond donors (Lipinski definition) is 0. The van der Waals surface area contributed by atoms with Gasteiger partial charge in [-0.05, 0) is 30.5 Å². The summed E-state index contributed by atoms with van der Waals surface area (Å²) in [4.78, 5) is 15.0. The molecule has 0 atom stereocenters. The number of nitrogens with zero attached hydrogens (tertiary/aromatic N) is 3. The van der Waals surface area contributed by atoms with Crippen LogP contribution in [0.4, 0.5) is 0 Å². The van der Waals surface area contributed by atoms with Crippen LogP contribution in [0.2, 0.25) is 0 Å². The molecule has 0 radical (unpaired) electrons. The van der Waals surface area contributed by atoms with Crippen LogP contribution in [0.1, 0.15) is 34.5 Å². The Morgan fingerprint density at radius 2 is 2.06 bits per heavy atom. The maximum atomic E-state index is 11.0. The molecule has 88 valence electrons. The summed E-state index contributed by atoms with van der Waals surface area (Å²) in [5.41, 5.74) is 2.23. The third kappa shape index (κ3) is 1.45. The molecule has 0 N–H and O–H groups in total. The predicted molar refractivity (Wildman–Crippen MR) is 65.1 cm³/mol. The molecule has 1 saturated carbocycles. The minimum absolute atomic E-state index is 0.138. The number of aromatic nitrogens is 2. The van der Waals surface area contributed by atoms with Gasteiger partial charge in [0.05, 0.1) is 29.7 Å². The summed E-state index contributed by atoms with van der Waals surface area (Å²) in [6, 6.07) is 9.65. The second-order valence-electron chi connectivity index (χ2n) is 4.53. The van der Waals surface area contributed by atoms with Crippen LogP contribution in [0.5, 0.6) is 0 Å². The van der Waals surface area contributed by atoms with E-state index in [-0.39, 0.29) is 5.54 Å². The van der Waals surface area contributed by atoms with Gasteiger partial charge in [0.2, 0.25) is 0 Å². The van der Waals surface area contributed by atoms with Crippen molar-refractivity contribution in [3.63, 3.8) is 0 Å². The highest BCUT2D eigenvalue weighted by atomic mass is 16.1. The molecule has 4 heteroatoms. The van der Waals surface area contributed by atoms with Gasteiger partial charge in [-0.3, -0.25) is 4.79 Å². The average molecular weight is 237 g/mol. The van der Waals surface area contributed by atoms with Gasteiger partial charge in [0.25, 0.3) is 0 Å². The molecule has 1 fully saturated rings. The monoisotopic (exact) mass is 237 g/mol. The van der Waals surface area contributed by atoms with Crippen molar-refractivity contribution in [2.45, 2.75) is 18.4 Å². The first-order valence-corrected chi connectivity index (χ1v) is 5.79. The number of rotatable bonds is 3. The second kappa shape index (κ2) is 3.81. The standard InChI is InChI=1S/C14H11N3O/c15-7-11-1-3-12(4-2-11)14(5-6-14)17-10-16-8-13(17)9-18/h1-4,8-10H,5-6H2. The van der Waals surface area contributed by atoms with E-state index in [1.54, 1.807) is 12.5 Å². The molecule has 1 aromatic heterocycles. The minimum Gasteiger partial charge on any atom is -0.318 e. The molecule has 4 nitrogen and oxygen atoms in total. The summed E-state index contributed by atoms with van der Waals surface area (Å²) in [5.74, 6) is 0. The van der Waals surface area contributed by atoms with E-state index in [2.05, 4.69) is 11.1 Å². The molecule has 0 aliphatic heterocycles. The quantitative estimate of drug-likeness (QED) is 0.768. The van der Waals surface area contributed by atoms with Crippen molar-refractivity contribution in [1.82, 2.24) is 9.55 Å². The molecule has 1 aliphatic carbocycles. The first kappa shape index (κ1) is 10.7. The van der Waals surface area contributed by atoms with Crippen LogP contribution in [0.25, 0.3) is 0 Å². The molecule has 0 unspecified atom stereocenters. The van der Waals surface area contributed by atoms with Crippen molar-refractivity contribution >= 4 is 6.29 Å². The van der Waals surface area contributed by atoms with Crippen molar-refractivity contribution in [3.8, 4) is 6.07 Å². The molecular formula is C14H11N3O. The summed E-state index contributed by atoms with van der Waals surface area (Å²) in [6.45, 7) is 0. The van der Waals surface area contributed by atoms with Gasteiger partial charge >= 0.3 is 0 Å². The largest absolute Gasteiger partial charge is 0.318 e. The fourth-order valence-corrected chi connectivity index (χ4v) is 2.39. The number of carbonyl (C=O) groups excluding carboxylic acids is 1. The van der Waals surface area contributed by atoms with Crippen LogP contribution in [-0.2, 0) is 5.54 Å². The van der Waals surface area contributed by atoms with Crippen molar-refractivity contribution in [2.75, 3.05) is 0 Å². The van der Waals surface area contributed by atoms with Crippen LogP contribution in [0, 0.1) is 11.3 Å². The minimum atomic E-state index is -0.138. The van der Waals surface area contributed by atoms with E-state index in [9.17, 15) is 4.79 Å². The van der Waals surface area contributed by atoms with Gasteiger partial charge < -0.3 is 4.57 Å². The van der Waals surface area contributed by atoms with Gasteiger partial charge in [-0.25, -0.2) is 4.98 Å². The van der Waals surface area contributed by atoms with Gasteiger partial charge in [0.1, 0.15) is 5.69 Å². The highest BCUT2D eigenvalue weighted by Crippen LogP contribution is 2.49. The Bertz CT molecular complexity index is 630. The fraction of sp³-hybridized carbons (Fsp3) is 0.214. The lowest BCUT2D eigenvalue weighted by molar-refractivity contribution is 0.111. The van der Waals surface area contributed by atoms with Crippen molar-refractivity contribution in [2.24, 2.45) is 0 Å². The maximum Gasteiger partial charge on any atom is 0.168 e. The predicted octanol–water partition coefficient (Wildman–Crippen LogP) is 2.10. The number of benzene rings is 1. The average Bonchev–Trinajstić information content (AvgIpc) is 3.09. The van der Waals surface area contributed by atoms with E-state index in [0.717, 1.165) is 24.7 Å². The molecule has 3 rings (SSSR count). The Kier molecular flexibility index (Phi) is 2.27. The summed E-state index contributed by atoms with van der Waals surface area (Å²) in [7, 11) is 0. The summed E-state index contributed by atoms with van der Waals surface area (Å²) in [6.07, 6.45) is 6.11. The normalized spacial score (nSPS) is 15.9. The highest BCUT2D eigenvalue weighted by Gasteiger charge is 2.47. The van der Waals surface area contributed by atoms with Gasteiger partial charge in [-0.15, -0.1) is 0 Å². The zero-order valence-electron chi connectivity index (χ0n) is 9.71. The van der Waals surface area contributed by atoms with Crippen LogP contribution >= 0.6 is 0 Å². The number of carbonyl (C=O) groups is 1. The van der Waals surface area contributed by atoms with Crippen LogP contribution < -0.4 is 0 Å². The van der Waals surface area contributed by atoms with Crippen LogP contribution in [-0.4, -0.2) is 15.8 Å². The first-order valence-electron chi connectivity index (χ1n) is 5.79. The van der Waals surface area contributed by atoms with Crippen LogP contribution in [0.15, 0.2) is 36.8 Å². The highest BCUT2D eigenvalue weighted by molar-refractivity contribution is 5.72. The molecule has 18 heavy (non-hydrogen) atoms. The number of imidazole rings is 1. The molecule has 0 spiro atoms. The summed E-state index contributed by atoms with van der Waals surface area (Å²) >= 11 is 0. The molecule has 1 aliphatic rings. The molecule has 0 saturated heterocycles. The van der Waals surface area contributed by atoms with Crippen molar-refractivity contribution < 1.29 is 4.79 Å².